The number of imide groups is 1. The quantitative estimate of drug-likeness (QED) is 0.173. The highest BCUT2D eigenvalue weighted by Crippen LogP contribution is 2.57. The summed E-state index contributed by atoms with van der Waals surface area (Å²) in [6, 6.07) is 19.5. The molecule has 9 nitrogen and oxygen atoms in total. The van der Waals surface area contributed by atoms with Crippen LogP contribution in [-0.2, 0) is 19.2 Å². The molecule has 0 bridgehead atoms. The molecule has 4 atom stereocenters. The topological polar surface area (TPSA) is 127 Å². The van der Waals surface area contributed by atoms with Gasteiger partial charge in [-0.3, -0.25) is 24.1 Å². The normalized spacial score (nSPS) is 24.1. The van der Waals surface area contributed by atoms with E-state index in [9.17, 15) is 24.3 Å². The molecular formula is C37H28N2O7. The minimum atomic E-state index is -0.766. The third kappa shape index (κ3) is 3.97. The van der Waals surface area contributed by atoms with E-state index >= 15 is 0 Å². The van der Waals surface area contributed by atoms with E-state index in [-0.39, 0.29) is 41.3 Å². The Morgan fingerprint density at radius 1 is 0.935 bits per heavy atom. The van der Waals surface area contributed by atoms with E-state index in [2.05, 4.69) is 4.98 Å². The summed E-state index contributed by atoms with van der Waals surface area (Å²) >= 11 is 0. The van der Waals surface area contributed by atoms with Gasteiger partial charge in [-0.15, -0.1) is 0 Å². The van der Waals surface area contributed by atoms with Crippen LogP contribution in [0.15, 0.2) is 106 Å². The number of para-hydroxylation sites is 3. The fraction of sp³-hybridized carbons (Fsp3) is 0.216. The number of ketones is 2. The lowest BCUT2D eigenvalue weighted by molar-refractivity contribution is -0.123. The van der Waals surface area contributed by atoms with Crippen molar-refractivity contribution in [2.75, 3.05) is 12.0 Å². The number of carbonyl (C=O) groups is 4. The second-order valence-electron chi connectivity index (χ2n) is 12.2. The SMILES string of the molecule is COc1cccc([C@H]2C3=CC[C@@H]4C(=O)N(c5ccc(-c6nc7ccccc7o6)cc5)C(=O)[C@@H]4[C@@H]3CC3=C2C(=O)C(C)=CC3=O)c1O. The number of aromatic hydroxyl groups is 1. The molecule has 0 radical (unpaired) electrons. The summed E-state index contributed by atoms with van der Waals surface area (Å²) in [5, 5.41) is 11.2. The van der Waals surface area contributed by atoms with Gasteiger partial charge in [0.1, 0.15) is 5.52 Å². The van der Waals surface area contributed by atoms with Gasteiger partial charge in [-0.25, -0.2) is 4.98 Å². The van der Waals surface area contributed by atoms with E-state index in [0.29, 0.717) is 51.4 Å². The van der Waals surface area contributed by atoms with Crippen LogP contribution < -0.4 is 9.64 Å². The summed E-state index contributed by atoms with van der Waals surface area (Å²) in [5.41, 5.74) is 4.67. The van der Waals surface area contributed by atoms with Crippen molar-refractivity contribution in [3.63, 3.8) is 0 Å². The predicted molar refractivity (Wildman–Crippen MR) is 168 cm³/mol. The number of phenols is 1. The molecule has 3 aliphatic carbocycles. The summed E-state index contributed by atoms with van der Waals surface area (Å²) < 4.78 is 11.3. The first-order valence-corrected chi connectivity index (χ1v) is 15.2. The van der Waals surface area contributed by atoms with Crippen molar-refractivity contribution >= 4 is 40.2 Å². The summed E-state index contributed by atoms with van der Waals surface area (Å²) in [4.78, 5) is 60.9. The van der Waals surface area contributed by atoms with Crippen LogP contribution in [0, 0.1) is 17.8 Å². The highest BCUT2D eigenvalue weighted by Gasteiger charge is 2.57. The minimum Gasteiger partial charge on any atom is -0.504 e. The van der Waals surface area contributed by atoms with Gasteiger partial charge in [0.2, 0.25) is 17.7 Å². The molecule has 3 aromatic carbocycles. The summed E-state index contributed by atoms with van der Waals surface area (Å²) in [6.45, 7) is 1.61. The lowest BCUT2D eigenvalue weighted by Crippen LogP contribution is -2.39. The Bertz CT molecular complexity index is 2080. The number of aromatic nitrogens is 1. The Balaban J connectivity index is 1.17. The van der Waals surface area contributed by atoms with Crippen molar-refractivity contribution in [3.05, 3.63) is 107 Å². The lowest BCUT2D eigenvalue weighted by atomic mass is 9.59. The van der Waals surface area contributed by atoms with Crippen LogP contribution in [0.4, 0.5) is 5.69 Å². The highest BCUT2D eigenvalue weighted by molar-refractivity contribution is 6.25. The molecule has 2 amide bonds. The van der Waals surface area contributed by atoms with Gasteiger partial charge in [0, 0.05) is 33.8 Å². The number of anilines is 1. The van der Waals surface area contributed by atoms with Crippen LogP contribution in [0.1, 0.15) is 31.2 Å². The first kappa shape index (κ1) is 27.9. The number of carbonyl (C=O) groups excluding carboxylic acids is 4. The van der Waals surface area contributed by atoms with Gasteiger partial charge in [0.05, 0.1) is 24.6 Å². The van der Waals surface area contributed by atoms with Gasteiger partial charge in [-0.05, 0) is 74.2 Å². The summed E-state index contributed by atoms with van der Waals surface area (Å²) in [6.07, 6.45) is 3.71. The summed E-state index contributed by atoms with van der Waals surface area (Å²) in [5.74, 6) is -3.30. The molecule has 4 aromatic rings. The zero-order valence-corrected chi connectivity index (χ0v) is 25.0. The molecule has 8 rings (SSSR count). The van der Waals surface area contributed by atoms with Crippen LogP contribution in [0.2, 0.25) is 0 Å². The average Bonchev–Trinajstić information content (AvgIpc) is 3.61. The number of rotatable bonds is 4. The highest BCUT2D eigenvalue weighted by atomic mass is 16.5. The fourth-order valence-corrected chi connectivity index (χ4v) is 7.66. The molecule has 1 N–H and O–H groups in total. The molecule has 2 heterocycles. The van der Waals surface area contributed by atoms with E-state index in [4.69, 9.17) is 9.15 Å². The molecule has 0 spiro atoms. The van der Waals surface area contributed by atoms with Crippen LogP contribution >= 0.6 is 0 Å². The molecule has 0 unspecified atom stereocenters. The van der Waals surface area contributed by atoms with Crippen LogP contribution in [0.5, 0.6) is 11.5 Å². The predicted octanol–water partition coefficient (Wildman–Crippen LogP) is 5.84. The van der Waals surface area contributed by atoms with Gasteiger partial charge in [0.15, 0.2) is 28.6 Å². The summed E-state index contributed by atoms with van der Waals surface area (Å²) in [7, 11) is 1.44. The maximum absolute atomic E-state index is 14.2. The molecule has 0 saturated carbocycles. The van der Waals surface area contributed by atoms with Gasteiger partial charge >= 0.3 is 0 Å². The van der Waals surface area contributed by atoms with E-state index in [0.717, 1.165) is 11.1 Å². The van der Waals surface area contributed by atoms with E-state index in [1.54, 1.807) is 49.4 Å². The molecule has 1 saturated heterocycles. The van der Waals surface area contributed by atoms with Gasteiger partial charge < -0.3 is 14.3 Å². The number of ether oxygens (including phenoxy) is 1. The molecule has 1 aliphatic heterocycles. The Labute approximate surface area is 263 Å². The number of oxazole rings is 1. The van der Waals surface area contributed by atoms with Gasteiger partial charge in [-0.1, -0.05) is 35.9 Å². The first-order chi connectivity index (χ1) is 22.3. The zero-order valence-electron chi connectivity index (χ0n) is 25.0. The maximum Gasteiger partial charge on any atom is 0.238 e. The number of fused-ring (bicyclic) bond motifs is 4. The van der Waals surface area contributed by atoms with Crippen molar-refractivity contribution in [1.29, 1.82) is 0 Å². The maximum atomic E-state index is 14.2. The smallest absolute Gasteiger partial charge is 0.238 e. The number of hydrogen-bond acceptors (Lipinski definition) is 8. The van der Waals surface area contributed by atoms with Crippen LogP contribution in [-0.4, -0.2) is 40.6 Å². The largest absolute Gasteiger partial charge is 0.504 e. The molecule has 4 aliphatic rings. The third-order valence-corrected chi connectivity index (χ3v) is 9.79. The van der Waals surface area contributed by atoms with Crippen molar-refractivity contribution < 1.29 is 33.4 Å². The van der Waals surface area contributed by atoms with Gasteiger partial charge in [-0.2, -0.15) is 0 Å². The Morgan fingerprint density at radius 3 is 2.48 bits per heavy atom. The van der Waals surface area contributed by atoms with Gasteiger partial charge in [0.25, 0.3) is 0 Å². The van der Waals surface area contributed by atoms with Crippen molar-refractivity contribution in [1.82, 2.24) is 4.98 Å². The number of benzene rings is 3. The van der Waals surface area contributed by atoms with E-state index < -0.39 is 23.7 Å². The number of Topliss-reactive ketones (excluding diaryl/α,β-unsaturated/α-hetero) is 1. The standard InChI is InChI=1S/C37H28N2O7/c1-18-16-27(40)25-17-24-21(30(32(25)33(18)41)22-6-5-9-29(45-2)34(22)42)14-15-23-31(24)37(44)39(36(23)43)20-12-10-19(11-13-20)35-38-26-7-3-4-8-28(26)46-35/h3-14,16,23-24,30-31,42H,15,17H2,1-2H3/t23-,24+,30+,31-/m0/s1. The minimum absolute atomic E-state index is 0.132. The van der Waals surface area contributed by atoms with Crippen molar-refractivity contribution in [2.45, 2.75) is 25.7 Å². The number of nitrogens with zero attached hydrogens (tertiary/aromatic N) is 2. The Hall–Kier alpha value is -5.57. The van der Waals surface area contributed by atoms with E-state index in [1.165, 1.54) is 18.1 Å². The second-order valence-corrected chi connectivity index (χ2v) is 12.2. The molecule has 228 valence electrons. The number of hydrogen-bond donors (Lipinski definition) is 1. The number of amides is 2. The molecular weight excluding hydrogens is 584 g/mol. The molecule has 46 heavy (non-hydrogen) atoms. The lowest BCUT2D eigenvalue weighted by Gasteiger charge is -2.42. The van der Waals surface area contributed by atoms with E-state index in [1.807, 2.05) is 30.3 Å². The Kier molecular flexibility index (Phi) is 6.22. The fourth-order valence-electron chi connectivity index (χ4n) is 7.66. The average molecular weight is 613 g/mol. The zero-order chi connectivity index (χ0) is 31.9. The van der Waals surface area contributed by atoms with Crippen LogP contribution in [0.25, 0.3) is 22.6 Å². The first-order valence-electron chi connectivity index (χ1n) is 15.2. The number of methoxy groups -OCH3 is 1. The number of allylic oxidation sites excluding steroid dienone is 6. The van der Waals surface area contributed by atoms with Crippen LogP contribution in [0.3, 0.4) is 0 Å². The van der Waals surface area contributed by atoms with Crippen molar-refractivity contribution in [2.24, 2.45) is 17.8 Å². The third-order valence-electron chi connectivity index (χ3n) is 9.79. The van der Waals surface area contributed by atoms with Crippen molar-refractivity contribution in [3.8, 4) is 23.0 Å². The molecule has 1 fully saturated rings. The molecule has 1 aromatic heterocycles. The monoisotopic (exact) mass is 612 g/mol. The molecule has 9 heteroatoms. The second kappa shape index (κ2) is 10.2. The number of phenolic OH excluding ortho intramolecular Hbond substituents is 1. The Morgan fingerprint density at radius 2 is 1.72 bits per heavy atom.